The molecule has 2 aromatic rings. The maximum absolute atomic E-state index is 13.6. The zero-order valence-corrected chi connectivity index (χ0v) is 12.0. The molecular weight excluding hydrogens is 282 g/mol. The van der Waals surface area contributed by atoms with Gasteiger partial charge in [0.25, 0.3) is 0 Å². The average Bonchev–Trinajstić information content (AvgIpc) is 2.39. The highest BCUT2D eigenvalue weighted by Crippen LogP contribution is 2.29. The SMILES string of the molecule is Cc1cc(Cl)c(C(O)Cc2cccc(F)c2F)cc1C. The van der Waals surface area contributed by atoms with Crippen LogP contribution in [0.3, 0.4) is 0 Å². The number of rotatable bonds is 3. The molecule has 1 N–H and O–H groups in total. The molecule has 1 atom stereocenters. The van der Waals surface area contributed by atoms with Crippen molar-refractivity contribution in [2.45, 2.75) is 26.4 Å². The minimum Gasteiger partial charge on any atom is -0.388 e. The summed E-state index contributed by atoms with van der Waals surface area (Å²) < 4.78 is 26.7. The molecule has 0 spiro atoms. The topological polar surface area (TPSA) is 20.2 Å². The fourth-order valence-corrected chi connectivity index (χ4v) is 2.43. The first-order valence-corrected chi connectivity index (χ1v) is 6.65. The van der Waals surface area contributed by atoms with E-state index in [-0.39, 0.29) is 12.0 Å². The van der Waals surface area contributed by atoms with Crippen LogP contribution in [-0.4, -0.2) is 5.11 Å². The maximum atomic E-state index is 13.6. The first-order valence-electron chi connectivity index (χ1n) is 6.27. The Bertz CT molecular complexity index is 641. The van der Waals surface area contributed by atoms with E-state index in [0.717, 1.165) is 17.2 Å². The van der Waals surface area contributed by atoms with Gasteiger partial charge in [0.1, 0.15) is 0 Å². The molecule has 0 amide bonds. The van der Waals surface area contributed by atoms with Crippen molar-refractivity contribution in [2.24, 2.45) is 0 Å². The van der Waals surface area contributed by atoms with E-state index < -0.39 is 17.7 Å². The Hall–Kier alpha value is -1.45. The van der Waals surface area contributed by atoms with Gasteiger partial charge in [-0.25, -0.2) is 8.78 Å². The van der Waals surface area contributed by atoms with Crippen molar-refractivity contribution in [1.82, 2.24) is 0 Å². The van der Waals surface area contributed by atoms with Gasteiger partial charge in [-0.05, 0) is 48.2 Å². The van der Waals surface area contributed by atoms with E-state index >= 15 is 0 Å². The van der Waals surface area contributed by atoms with Crippen molar-refractivity contribution in [2.75, 3.05) is 0 Å². The lowest BCUT2D eigenvalue weighted by Gasteiger charge is -2.15. The summed E-state index contributed by atoms with van der Waals surface area (Å²) in [5.41, 5.74) is 2.66. The molecule has 0 saturated carbocycles. The van der Waals surface area contributed by atoms with Crippen molar-refractivity contribution in [3.63, 3.8) is 0 Å². The van der Waals surface area contributed by atoms with Gasteiger partial charge >= 0.3 is 0 Å². The summed E-state index contributed by atoms with van der Waals surface area (Å²) in [5, 5.41) is 10.6. The highest BCUT2D eigenvalue weighted by Gasteiger charge is 2.17. The lowest BCUT2D eigenvalue weighted by molar-refractivity contribution is 0.177. The number of aliphatic hydroxyl groups excluding tert-OH is 1. The number of hydrogen-bond acceptors (Lipinski definition) is 1. The van der Waals surface area contributed by atoms with E-state index in [1.165, 1.54) is 12.1 Å². The van der Waals surface area contributed by atoms with Gasteiger partial charge in [0.2, 0.25) is 0 Å². The second-order valence-electron chi connectivity index (χ2n) is 4.89. The summed E-state index contributed by atoms with van der Waals surface area (Å²) in [6.07, 6.45) is -0.996. The van der Waals surface area contributed by atoms with Crippen molar-refractivity contribution in [3.8, 4) is 0 Å². The molecule has 2 aromatic carbocycles. The van der Waals surface area contributed by atoms with Crippen LogP contribution in [0.4, 0.5) is 8.78 Å². The Kier molecular flexibility index (Phi) is 4.41. The molecule has 4 heteroatoms. The molecule has 0 saturated heterocycles. The summed E-state index contributed by atoms with van der Waals surface area (Å²) in [5.74, 6) is -1.84. The summed E-state index contributed by atoms with van der Waals surface area (Å²) in [4.78, 5) is 0. The molecule has 0 aliphatic heterocycles. The second-order valence-corrected chi connectivity index (χ2v) is 5.30. The van der Waals surface area contributed by atoms with Crippen LogP contribution in [0.15, 0.2) is 30.3 Å². The summed E-state index contributed by atoms with van der Waals surface area (Å²) in [6, 6.07) is 7.46. The number of benzene rings is 2. The molecule has 1 unspecified atom stereocenters. The number of halogens is 3. The lowest BCUT2D eigenvalue weighted by atomic mass is 9.97. The molecule has 0 aromatic heterocycles. The molecule has 0 radical (unpaired) electrons. The summed E-state index contributed by atoms with van der Waals surface area (Å²) >= 11 is 6.11. The third-order valence-corrected chi connectivity index (χ3v) is 3.74. The van der Waals surface area contributed by atoms with E-state index in [1.54, 1.807) is 12.1 Å². The summed E-state index contributed by atoms with van der Waals surface area (Å²) in [6.45, 7) is 3.83. The van der Waals surface area contributed by atoms with Crippen molar-refractivity contribution < 1.29 is 13.9 Å². The molecule has 0 aliphatic rings. The van der Waals surface area contributed by atoms with Gasteiger partial charge < -0.3 is 5.11 Å². The standard InChI is InChI=1S/C16H15ClF2O/c1-9-6-12(13(17)7-10(9)2)15(20)8-11-4-3-5-14(18)16(11)19/h3-7,15,20H,8H2,1-2H3. The predicted molar refractivity (Wildman–Crippen MR) is 75.9 cm³/mol. The zero-order chi connectivity index (χ0) is 14.9. The van der Waals surface area contributed by atoms with Gasteiger partial charge in [-0.3, -0.25) is 0 Å². The van der Waals surface area contributed by atoms with Crippen molar-refractivity contribution in [3.05, 3.63) is 69.2 Å². The molecule has 0 heterocycles. The van der Waals surface area contributed by atoms with Crippen LogP contribution in [0.2, 0.25) is 5.02 Å². The van der Waals surface area contributed by atoms with Crippen LogP contribution in [0.5, 0.6) is 0 Å². The van der Waals surface area contributed by atoms with Gasteiger partial charge in [-0.15, -0.1) is 0 Å². The van der Waals surface area contributed by atoms with Gasteiger partial charge in [0, 0.05) is 11.4 Å². The first kappa shape index (κ1) is 14.9. The third kappa shape index (κ3) is 3.00. The minimum atomic E-state index is -0.974. The van der Waals surface area contributed by atoms with E-state index in [4.69, 9.17) is 11.6 Å². The predicted octanol–water partition coefficient (Wildman–Crippen LogP) is 4.51. The quantitative estimate of drug-likeness (QED) is 0.883. The Labute approximate surface area is 121 Å². The molecule has 0 bridgehead atoms. The van der Waals surface area contributed by atoms with E-state index in [1.807, 2.05) is 13.8 Å². The van der Waals surface area contributed by atoms with Crippen LogP contribution in [0, 0.1) is 25.5 Å². The zero-order valence-electron chi connectivity index (χ0n) is 11.3. The highest BCUT2D eigenvalue weighted by molar-refractivity contribution is 6.31. The molecule has 1 nitrogen and oxygen atoms in total. The first-order chi connectivity index (χ1) is 9.40. The van der Waals surface area contributed by atoms with E-state index in [2.05, 4.69) is 0 Å². The Balaban J connectivity index is 2.31. The van der Waals surface area contributed by atoms with Crippen LogP contribution in [-0.2, 0) is 6.42 Å². The minimum absolute atomic E-state index is 0.0220. The fourth-order valence-electron chi connectivity index (χ4n) is 2.08. The second kappa shape index (κ2) is 5.90. The normalized spacial score (nSPS) is 12.5. The molecule has 0 fully saturated rings. The van der Waals surface area contributed by atoms with Crippen LogP contribution < -0.4 is 0 Å². The molecule has 0 aliphatic carbocycles. The fraction of sp³-hybridized carbons (Fsp3) is 0.250. The maximum Gasteiger partial charge on any atom is 0.162 e. The van der Waals surface area contributed by atoms with E-state index in [9.17, 15) is 13.9 Å². The number of aryl methyl sites for hydroxylation is 2. The highest BCUT2D eigenvalue weighted by atomic mass is 35.5. The molecule has 106 valence electrons. The molecule has 2 rings (SSSR count). The number of aliphatic hydroxyl groups is 1. The summed E-state index contributed by atoms with van der Waals surface area (Å²) in [7, 11) is 0. The molecular formula is C16H15ClF2O. The van der Waals surface area contributed by atoms with Crippen LogP contribution in [0.1, 0.15) is 28.4 Å². The van der Waals surface area contributed by atoms with Gasteiger partial charge in [0.05, 0.1) is 6.10 Å². The number of hydrogen-bond donors (Lipinski definition) is 1. The molecule has 20 heavy (non-hydrogen) atoms. The average molecular weight is 297 g/mol. The van der Waals surface area contributed by atoms with Crippen LogP contribution >= 0.6 is 11.6 Å². The van der Waals surface area contributed by atoms with Gasteiger partial charge in [-0.2, -0.15) is 0 Å². The largest absolute Gasteiger partial charge is 0.388 e. The van der Waals surface area contributed by atoms with Crippen molar-refractivity contribution >= 4 is 11.6 Å². The monoisotopic (exact) mass is 296 g/mol. The Morgan fingerprint density at radius 2 is 1.80 bits per heavy atom. The Morgan fingerprint density at radius 1 is 1.15 bits per heavy atom. The lowest BCUT2D eigenvalue weighted by Crippen LogP contribution is -2.06. The van der Waals surface area contributed by atoms with Crippen molar-refractivity contribution in [1.29, 1.82) is 0 Å². The smallest absolute Gasteiger partial charge is 0.162 e. The van der Waals surface area contributed by atoms with E-state index in [0.29, 0.717) is 10.6 Å². The Morgan fingerprint density at radius 3 is 2.50 bits per heavy atom. The van der Waals surface area contributed by atoms with Crippen LogP contribution in [0.25, 0.3) is 0 Å². The third-order valence-electron chi connectivity index (χ3n) is 3.42. The van der Waals surface area contributed by atoms with Gasteiger partial charge in [-0.1, -0.05) is 29.8 Å². The van der Waals surface area contributed by atoms with Gasteiger partial charge in [0.15, 0.2) is 11.6 Å².